The van der Waals surface area contributed by atoms with Crippen LogP contribution in [0.1, 0.15) is 32.6 Å². The third-order valence-corrected chi connectivity index (χ3v) is 4.68. The maximum absolute atomic E-state index is 12.0. The van der Waals surface area contributed by atoms with Crippen molar-refractivity contribution in [2.45, 2.75) is 39.8 Å². The highest BCUT2D eigenvalue weighted by molar-refractivity contribution is 7.10. The summed E-state index contributed by atoms with van der Waals surface area (Å²) in [4.78, 5) is 17.5. The normalized spacial score (nSPS) is 11.8. The lowest BCUT2D eigenvalue weighted by molar-refractivity contribution is -0.121. The second-order valence-corrected chi connectivity index (χ2v) is 8.37. The molecule has 28 heavy (non-hydrogen) atoms. The molecule has 1 amide bonds. The first-order valence-electron chi connectivity index (χ1n) is 9.35. The van der Waals surface area contributed by atoms with E-state index in [2.05, 4.69) is 44.5 Å². The molecule has 0 aliphatic heterocycles. The Balaban J connectivity index is 1.95. The van der Waals surface area contributed by atoms with E-state index in [1.54, 1.807) is 18.4 Å². The summed E-state index contributed by atoms with van der Waals surface area (Å²) in [6.07, 6.45) is 0. The van der Waals surface area contributed by atoms with Gasteiger partial charge in [0.15, 0.2) is 5.96 Å². The monoisotopic (exact) mass is 402 g/mol. The standard InChI is InChI=1S/C21H30N4O2S/c1-6-22-20(24-13-19(26)25-21(2,3)4)23-12-18-11-16(14-28-18)15-7-9-17(27-5)10-8-15/h7-11,14H,6,12-13H2,1-5H3,(H,25,26)(H2,22,23,24). The first-order chi connectivity index (χ1) is 13.3. The van der Waals surface area contributed by atoms with Crippen LogP contribution < -0.4 is 20.7 Å². The van der Waals surface area contributed by atoms with Crippen LogP contribution in [0.5, 0.6) is 5.75 Å². The predicted octanol–water partition coefficient (Wildman–Crippen LogP) is 3.39. The van der Waals surface area contributed by atoms with Gasteiger partial charge in [0.1, 0.15) is 12.3 Å². The highest BCUT2D eigenvalue weighted by Gasteiger charge is 2.13. The molecule has 0 radical (unpaired) electrons. The Morgan fingerprint density at radius 3 is 2.46 bits per heavy atom. The molecule has 0 saturated carbocycles. The number of nitrogens with zero attached hydrogens (tertiary/aromatic N) is 1. The molecular formula is C21H30N4O2S. The van der Waals surface area contributed by atoms with E-state index in [4.69, 9.17) is 4.74 Å². The first kappa shape index (κ1) is 21.8. The van der Waals surface area contributed by atoms with Crippen LogP contribution in [0.4, 0.5) is 0 Å². The number of benzene rings is 1. The lowest BCUT2D eigenvalue weighted by Crippen LogP contribution is -2.43. The van der Waals surface area contributed by atoms with Crippen molar-refractivity contribution in [1.29, 1.82) is 0 Å². The number of guanidine groups is 1. The summed E-state index contributed by atoms with van der Waals surface area (Å²) >= 11 is 1.69. The summed E-state index contributed by atoms with van der Waals surface area (Å²) in [6.45, 7) is 9.33. The molecule has 0 fully saturated rings. The van der Waals surface area contributed by atoms with Gasteiger partial charge in [0.05, 0.1) is 13.7 Å². The molecular weight excluding hydrogens is 372 g/mol. The third-order valence-electron chi connectivity index (χ3n) is 3.75. The van der Waals surface area contributed by atoms with Gasteiger partial charge in [-0.25, -0.2) is 4.99 Å². The topological polar surface area (TPSA) is 74.8 Å². The number of aliphatic imine (C=N–C) groups is 1. The third kappa shape index (κ3) is 7.23. The van der Waals surface area contributed by atoms with Gasteiger partial charge in [-0.15, -0.1) is 11.3 Å². The van der Waals surface area contributed by atoms with Crippen LogP contribution in [-0.4, -0.2) is 37.6 Å². The van der Waals surface area contributed by atoms with Crippen LogP contribution >= 0.6 is 11.3 Å². The molecule has 0 spiro atoms. The van der Waals surface area contributed by atoms with E-state index in [1.807, 2.05) is 39.8 Å². The molecule has 1 heterocycles. The average molecular weight is 403 g/mol. The zero-order valence-corrected chi connectivity index (χ0v) is 18.1. The minimum Gasteiger partial charge on any atom is -0.497 e. The molecule has 0 aliphatic carbocycles. The van der Waals surface area contributed by atoms with Crippen molar-refractivity contribution in [2.24, 2.45) is 4.99 Å². The Bertz CT molecular complexity index is 791. The van der Waals surface area contributed by atoms with Crippen LogP contribution in [0.15, 0.2) is 40.7 Å². The van der Waals surface area contributed by atoms with Gasteiger partial charge in [-0.1, -0.05) is 12.1 Å². The van der Waals surface area contributed by atoms with Crippen LogP contribution in [0.3, 0.4) is 0 Å². The summed E-state index contributed by atoms with van der Waals surface area (Å²) < 4.78 is 5.21. The van der Waals surface area contributed by atoms with Crippen LogP contribution in [0.2, 0.25) is 0 Å². The molecule has 1 aromatic carbocycles. The minimum absolute atomic E-state index is 0.0914. The number of amides is 1. The van der Waals surface area contributed by atoms with E-state index in [-0.39, 0.29) is 18.0 Å². The molecule has 0 bridgehead atoms. The Morgan fingerprint density at radius 2 is 1.86 bits per heavy atom. The van der Waals surface area contributed by atoms with Crippen LogP contribution in [-0.2, 0) is 11.3 Å². The number of carbonyl (C=O) groups is 1. The van der Waals surface area contributed by atoms with E-state index < -0.39 is 0 Å². The number of ether oxygens (including phenoxy) is 1. The number of nitrogens with one attached hydrogen (secondary N) is 3. The zero-order valence-electron chi connectivity index (χ0n) is 17.3. The van der Waals surface area contributed by atoms with E-state index in [0.29, 0.717) is 12.5 Å². The zero-order chi connectivity index (χ0) is 20.6. The molecule has 0 aliphatic rings. The summed E-state index contributed by atoms with van der Waals surface area (Å²) in [7, 11) is 1.67. The fraction of sp³-hybridized carbons (Fsp3) is 0.429. The number of carbonyl (C=O) groups excluding carboxylic acids is 1. The van der Waals surface area contributed by atoms with Crippen molar-refractivity contribution in [1.82, 2.24) is 16.0 Å². The van der Waals surface area contributed by atoms with Crippen molar-refractivity contribution in [3.63, 3.8) is 0 Å². The molecule has 0 unspecified atom stereocenters. The molecule has 0 saturated heterocycles. The molecule has 6 nitrogen and oxygen atoms in total. The summed E-state index contributed by atoms with van der Waals surface area (Å²) in [5.41, 5.74) is 2.08. The van der Waals surface area contributed by atoms with Crippen molar-refractivity contribution in [3.8, 4) is 16.9 Å². The van der Waals surface area contributed by atoms with E-state index >= 15 is 0 Å². The van der Waals surface area contributed by atoms with Crippen molar-refractivity contribution >= 4 is 23.2 Å². The maximum atomic E-state index is 12.0. The second kappa shape index (κ2) is 10.1. The summed E-state index contributed by atoms with van der Waals surface area (Å²) in [5, 5.41) is 11.5. The van der Waals surface area contributed by atoms with Gasteiger partial charge in [0, 0.05) is 17.0 Å². The molecule has 3 N–H and O–H groups in total. The van der Waals surface area contributed by atoms with Crippen molar-refractivity contribution < 1.29 is 9.53 Å². The lowest BCUT2D eigenvalue weighted by Gasteiger charge is -2.20. The van der Waals surface area contributed by atoms with Crippen molar-refractivity contribution in [3.05, 3.63) is 40.6 Å². The van der Waals surface area contributed by atoms with Crippen LogP contribution in [0.25, 0.3) is 11.1 Å². The fourth-order valence-electron chi connectivity index (χ4n) is 2.53. The molecule has 0 atom stereocenters. The second-order valence-electron chi connectivity index (χ2n) is 7.38. The number of rotatable bonds is 7. The summed E-state index contributed by atoms with van der Waals surface area (Å²) in [6, 6.07) is 10.2. The highest BCUT2D eigenvalue weighted by atomic mass is 32.1. The Hall–Kier alpha value is -2.54. The van der Waals surface area contributed by atoms with Gasteiger partial charge in [0.25, 0.3) is 0 Å². The van der Waals surface area contributed by atoms with E-state index in [1.165, 1.54) is 10.4 Å². The van der Waals surface area contributed by atoms with E-state index in [0.717, 1.165) is 17.9 Å². The van der Waals surface area contributed by atoms with Gasteiger partial charge < -0.3 is 20.7 Å². The lowest BCUT2D eigenvalue weighted by atomic mass is 10.1. The number of hydrogen-bond donors (Lipinski definition) is 3. The van der Waals surface area contributed by atoms with Gasteiger partial charge in [-0.05, 0) is 62.4 Å². The maximum Gasteiger partial charge on any atom is 0.242 e. The molecule has 152 valence electrons. The SMILES string of the molecule is CCNC(=NCC(=O)NC(C)(C)C)NCc1cc(-c2ccc(OC)cc2)cs1. The molecule has 7 heteroatoms. The minimum atomic E-state index is -0.257. The summed E-state index contributed by atoms with van der Waals surface area (Å²) in [5.74, 6) is 1.39. The Morgan fingerprint density at radius 1 is 1.14 bits per heavy atom. The highest BCUT2D eigenvalue weighted by Crippen LogP contribution is 2.27. The van der Waals surface area contributed by atoms with E-state index in [9.17, 15) is 4.79 Å². The molecule has 2 aromatic rings. The largest absolute Gasteiger partial charge is 0.497 e. The Labute approximate surface area is 171 Å². The number of methoxy groups -OCH3 is 1. The molecule has 2 rings (SSSR count). The molecule has 1 aromatic heterocycles. The quantitative estimate of drug-likeness (QED) is 0.490. The number of hydrogen-bond acceptors (Lipinski definition) is 4. The number of thiophene rings is 1. The van der Waals surface area contributed by atoms with Gasteiger partial charge >= 0.3 is 0 Å². The predicted molar refractivity (Wildman–Crippen MR) is 117 cm³/mol. The van der Waals surface area contributed by atoms with Gasteiger partial charge in [0.2, 0.25) is 5.91 Å². The van der Waals surface area contributed by atoms with Gasteiger partial charge in [-0.3, -0.25) is 4.79 Å². The van der Waals surface area contributed by atoms with Crippen LogP contribution in [0, 0.1) is 0 Å². The van der Waals surface area contributed by atoms with Crippen molar-refractivity contribution in [2.75, 3.05) is 20.2 Å². The van der Waals surface area contributed by atoms with Gasteiger partial charge in [-0.2, -0.15) is 0 Å². The average Bonchev–Trinajstić information content (AvgIpc) is 3.11. The Kier molecular flexibility index (Phi) is 7.87. The fourth-order valence-corrected chi connectivity index (χ4v) is 3.36. The smallest absolute Gasteiger partial charge is 0.242 e. The first-order valence-corrected chi connectivity index (χ1v) is 10.2.